The van der Waals surface area contributed by atoms with Crippen molar-refractivity contribution in [1.29, 1.82) is 0 Å². The highest BCUT2D eigenvalue weighted by Crippen LogP contribution is 2.45. The van der Waals surface area contributed by atoms with Crippen LogP contribution in [0.2, 0.25) is 0 Å². The maximum atomic E-state index is 6.55. The second-order valence-electron chi connectivity index (χ2n) is 10.8. The minimum Gasteiger partial charge on any atom is -0.399 e. The average Bonchev–Trinajstić information content (AvgIpc) is 2.80. The zero-order valence-corrected chi connectivity index (χ0v) is 20.2. The average molecular weight is 433 g/mol. The largest absolute Gasteiger partial charge is 0.399 e. The fraction of sp³-hybridized carbons (Fsp3) is 0.600. The maximum absolute atomic E-state index is 6.55. The maximum Gasteiger partial charge on any atom is 0.0352 e. The second-order valence-corrected chi connectivity index (χ2v) is 10.8. The number of nitrogens with two attached hydrogens (primary N) is 2. The van der Waals surface area contributed by atoms with Crippen molar-refractivity contribution in [3.63, 3.8) is 0 Å². The molecular weight excluding hydrogens is 388 g/mol. The Morgan fingerprint density at radius 3 is 2.09 bits per heavy atom. The molecule has 2 aliphatic carbocycles. The Kier molecular flexibility index (Phi) is 8.16. The fourth-order valence-corrected chi connectivity index (χ4v) is 6.58. The van der Waals surface area contributed by atoms with Crippen LogP contribution in [0.25, 0.3) is 0 Å². The van der Waals surface area contributed by atoms with Gasteiger partial charge in [-0.25, -0.2) is 0 Å². The lowest BCUT2D eigenvalue weighted by Gasteiger charge is -2.38. The minimum atomic E-state index is 0.651. The Bertz CT molecular complexity index is 842. The van der Waals surface area contributed by atoms with Crippen molar-refractivity contribution in [2.75, 3.05) is 11.5 Å². The van der Waals surface area contributed by atoms with Crippen molar-refractivity contribution in [2.24, 2.45) is 17.8 Å². The van der Waals surface area contributed by atoms with E-state index in [0.29, 0.717) is 5.92 Å². The smallest absolute Gasteiger partial charge is 0.0352 e. The zero-order chi connectivity index (χ0) is 22.3. The first-order chi connectivity index (χ1) is 15.6. The van der Waals surface area contributed by atoms with Gasteiger partial charge in [-0.2, -0.15) is 0 Å². The van der Waals surface area contributed by atoms with Crippen LogP contribution in [0.4, 0.5) is 11.4 Å². The topological polar surface area (TPSA) is 52.0 Å². The summed E-state index contributed by atoms with van der Waals surface area (Å²) in [6.07, 6.45) is 18.0. The van der Waals surface area contributed by atoms with E-state index in [4.69, 9.17) is 11.5 Å². The van der Waals surface area contributed by atoms with E-state index in [2.05, 4.69) is 37.3 Å². The molecule has 0 unspecified atom stereocenters. The third-order valence-electron chi connectivity index (χ3n) is 8.50. The Hall–Kier alpha value is -1.96. The molecule has 4 rings (SSSR count). The summed E-state index contributed by atoms with van der Waals surface area (Å²) in [6, 6.07) is 15.0. The molecule has 0 saturated heterocycles. The van der Waals surface area contributed by atoms with E-state index in [1.165, 1.54) is 93.7 Å². The minimum absolute atomic E-state index is 0.651. The summed E-state index contributed by atoms with van der Waals surface area (Å²) < 4.78 is 0. The predicted octanol–water partition coefficient (Wildman–Crippen LogP) is 8.10. The predicted molar refractivity (Wildman–Crippen MR) is 139 cm³/mol. The number of nitrogen functional groups attached to an aromatic ring is 2. The Morgan fingerprint density at radius 2 is 1.44 bits per heavy atom. The van der Waals surface area contributed by atoms with Gasteiger partial charge in [0.25, 0.3) is 0 Å². The van der Waals surface area contributed by atoms with Crippen LogP contribution in [0.1, 0.15) is 107 Å². The van der Waals surface area contributed by atoms with Gasteiger partial charge >= 0.3 is 0 Å². The van der Waals surface area contributed by atoms with Gasteiger partial charge in [0.2, 0.25) is 0 Å². The molecule has 0 aliphatic heterocycles. The van der Waals surface area contributed by atoms with Crippen molar-refractivity contribution in [2.45, 2.75) is 96.3 Å². The number of hydrogen-bond acceptors (Lipinski definition) is 2. The van der Waals surface area contributed by atoms with Crippen LogP contribution in [0, 0.1) is 17.8 Å². The van der Waals surface area contributed by atoms with Gasteiger partial charge in [0, 0.05) is 11.4 Å². The van der Waals surface area contributed by atoms with Crippen molar-refractivity contribution >= 4 is 11.4 Å². The van der Waals surface area contributed by atoms with Crippen LogP contribution >= 0.6 is 0 Å². The van der Waals surface area contributed by atoms with E-state index in [1.54, 1.807) is 0 Å². The van der Waals surface area contributed by atoms with E-state index in [1.807, 2.05) is 12.1 Å². The molecule has 0 spiro atoms. The summed E-state index contributed by atoms with van der Waals surface area (Å²) in [4.78, 5) is 0. The summed E-state index contributed by atoms with van der Waals surface area (Å²) in [5.74, 6) is 3.64. The third kappa shape index (κ3) is 6.09. The highest BCUT2D eigenvalue weighted by Gasteiger charge is 2.31. The molecule has 2 aromatic carbocycles. The molecule has 0 radical (unpaired) electrons. The number of hydrogen-bond donors (Lipinski definition) is 2. The first-order valence-corrected chi connectivity index (χ1v) is 13.3. The van der Waals surface area contributed by atoms with Crippen molar-refractivity contribution in [3.05, 3.63) is 59.2 Å². The van der Waals surface area contributed by atoms with Crippen LogP contribution in [-0.2, 0) is 6.42 Å². The van der Waals surface area contributed by atoms with E-state index in [-0.39, 0.29) is 0 Å². The number of rotatable bonds is 8. The number of benzene rings is 2. The molecule has 2 heteroatoms. The molecular formula is C30H44N2. The summed E-state index contributed by atoms with van der Waals surface area (Å²) >= 11 is 0. The highest BCUT2D eigenvalue weighted by atomic mass is 14.6. The van der Waals surface area contributed by atoms with Crippen LogP contribution < -0.4 is 11.5 Å². The molecule has 2 fully saturated rings. The highest BCUT2D eigenvalue weighted by molar-refractivity contribution is 5.52. The molecule has 2 aliphatic rings. The normalized spacial score (nSPS) is 26.2. The van der Waals surface area contributed by atoms with Gasteiger partial charge in [-0.3, -0.25) is 0 Å². The van der Waals surface area contributed by atoms with Gasteiger partial charge in [-0.15, -0.1) is 0 Å². The Balaban J connectivity index is 1.26. The number of unbranched alkanes of at least 4 members (excludes halogenated alkanes) is 2. The number of anilines is 2. The Labute approximate surface area is 196 Å². The molecule has 32 heavy (non-hydrogen) atoms. The Morgan fingerprint density at radius 1 is 0.750 bits per heavy atom. The van der Waals surface area contributed by atoms with E-state index < -0.39 is 0 Å². The standard InChI is InChI=1S/C30H44N2/c1-2-3-4-6-22-9-12-25(13-10-22)26-14-16-27(17-15-26)29-18-11-24(21-30(29)32)19-23-7-5-8-28(31)20-23/h5,7-8,11,18,20-22,25-27H,2-4,6,9-10,12-17,19,31-32H2,1H3. The first kappa shape index (κ1) is 23.2. The third-order valence-corrected chi connectivity index (χ3v) is 8.50. The molecule has 0 atom stereocenters. The second kappa shape index (κ2) is 11.3. The van der Waals surface area contributed by atoms with Crippen molar-refractivity contribution < 1.29 is 0 Å². The molecule has 0 amide bonds. The zero-order valence-electron chi connectivity index (χ0n) is 20.2. The molecule has 2 saturated carbocycles. The van der Waals surface area contributed by atoms with Crippen molar-refractivity contribution in [3.8, 4) is 0 Å². The molecule has 4 N–H and O–H groups in total. The molecule has 174 valence electrons. The summed E-state index contributed by atoms with van der Waals surface area (Å²) in [7, 11) is 0. The van der Waals surface area contributed by atoms with E-state index in [9.17, 15) is 0 Å². The van der Waals surface area contributed by atoms with Gasteiger partial charge in [0.15, 0.2) is 0 Å². The van der Waals surface area contributed by atoms with Crippen LogP contribution in [0.15, 0.2) is 42.5 Å². The van der Waals surface area contributed by atoms with E-state index >= 15 is 0 Å². The van der Waals surface area contributed by atoms with Gasteiger partial charge in [-0.05, 0) is 104 Å². The summed E-state index contributed by atoms with van der Waals surface area (Å²) in [5, 5.41) is 0. The summed E-state index contributed by atoms with van der Waals surface area (Å²) in [5.41, 5.74) is 18.2. The molecule has 2 nitrogen and oxygen atoms in total. The lowest BCUT2D eigenvalue weighted by Crippen LogP contribution is -2.25. The quantitative estimate of drug-likeness (QED) is 0.327. The lowest BCUT2D eigenvalue weighted by atomic mass is 9.68. The van der Waals surface area contributed by atoms with Crippen molar-refractivity contribution in [1.82, 2.24) is 0 Å². The summed E-state index contributed by atoms with van der Waals surface area (Å²) in [6.45, 7) is 2.32. The van der Waals surface area contributed by atoms with Gasteiger partial charge < -0.3 is 11.5 Å². The molecule has 0 bridgehead atoms. The van der Waals surface area contributed by atoms with Crippen LogP contribution in [0.3, 0.4) is 0 Å². The van der Waals surface area contributed by atoms with Crippen LogP contribution in [-0.4, -0.2) is 0 Å². The van der Waals surface area contributed by atoms with Gasteiger partial charge in [0.1, 0.15) is 0 Å². The van der Waals surface area contributed by atoms with Gasteiger partial charge in [0.05, 0.1) is 0 Å². The SMILES string of the molecule is CCCCCC1CCC(C2CCC(c3ccc(Cc4cccc(N)c4)cc3N)CC2)CC1. The molecule has 0 heterocycles. The molecule has 2 aromatic rings. The first-order valence-electron chi connectivity index (χ1n) is 13.3. The molecule has 0 aromatic heterocycles. The van der Waals surface area contributed by atoms with Gasteiger partial charge in [-0.1, -0.05) is 69.7 Å². The monoisotopic (exact) mass is 432 g/mol. The lowest BCUT2D eigenvalue weighted by molar-refractivity contribution is 0.156. The van der Waals surface area contributed by atoms with E-state index in [0.717, 1.165) is 35.5 Å². The van der Waals surface area contributed by atoms with Crippen LogP contribution in [0.5, 0.6) is 0 Å². The fourth-order valence-electron chi connectivity index (χ4n) is 6.58.